The predicted octanol–water partition coefficient (Wildman–Crippen LogP) is 6.66. The number of aromatic nitrogens is 3. The van der Waals surface area contributed by atoms with Gasteiger partial charge in [0.15, 0.2) is 5.65 Å². The van der Waals surface area contributed by atoms with Crippen LogP contribution < -0.4 is 9.47 Å². The van der Waals surface area contributed by atoms with Gasteiger partial charge in [0.05, 0.1) is 30.5 Å². The molecule has 7 nitrogen and oxygen atoms in total. The number of hydrogen-bond acceptors (Lipinski definition) is 5. The van der Waals surface area contributed by atoms with Crippen LogP contribution in [0.15, 0.2) is 66.7 Å². The Morgan fingerprint density at radius 3 is 2.67 bits per heavy atom. The van der Waals surface area contributed by atoms with Gasteiger partial charge < -0.3 is 14.6 Å². The molecule has 1 unspecified atom stereocenters. The Hall–Kier alpha value is -4.72. The third-order valence-electron chi connectivity index (χ3n) is 7.22. The molecule has 1 atom stereocenters. The molecule has 0 saturated carbocycles. The van der Waals surface area contributed by atoms with Gasteiger partial charge in [-0.2, -0.15) is 5.10 Å². The minimum Gasteiger partial charge on any atom is -0.493 e. The molecule has 2 aromatic heterocycles. The van der Waals surface area contributed by atoms with E-state index in [1.54, 1.807) is 10.6 Å². The summed E-state index contributed by atoms with van der Waals surface area (Å²) in [7, 11) is 0. The Morgan fingerprint density at radius 2 is 1.85 bits per heavy atom. The maximum Gasteiger partial charge on any atom is 0.307 e. The number of carbonyl (C=O) groups is 1. The van der Waals surface area contributed by atoms with Crippen molar-refractivity contribution in [3.8, 4) is 45.1 Å². The summed E-state index contributed by atoms with van der Waals surface area (Å²) in [5.74, 6) is -0.177. The highest BCUT2D eigenvalue weighted by Gasteiger charge is 2.21. The van der Waals surface area contributed by atoms with Crippen LogP contribution in [0.2, 0.25) is 0 Å². The minimum atomic E-state index is -0.948. The lowest BCUT2D eigenvalue weighted by molar-refractivity contribution is -0.136. The van der Waals surface area contributed by atoms with E-state index in [2.05, 4.69) is 0 Å². The van der Waals surface area contributed by atoms with Crippen molar-refractivity contribution < 1.29 is 23.8 Å². The van der Waals surface area contributed by atoms with Crippen molar-refractivity contribution in [3.63, 3.8) is 0 Å². The van der Waals surface area contributed by atoms with Crippen molar-refractivity contribution >= 4 is 11.6 Å². The summed E-state index contributed by atoms with van der Waals surface area (Å²) in [6.07, 6.45) is 0.184. The highest BCUT2D eigenvalue weighted by atomic mass is 19.1. The number of benzene rings is 3. The first-order chi connectivity index (χ1) is 19.3. The van der Waals surface area contributed by atoms with Crippen molar-refractivity contribution in [3.05, 3.63) is 89.4 Å². The zero-order chi connectivity index (χ0) is 28.0. The van der Waals surface area contributed by atoms with Crippen molar-refractivity contribution in [2.75, 3.05) is 6.61 Å². The minimum absolute atomic E-state index is 0.195. The maximum absolute atomic E-state index is 14.2. The smallest absolute Gasteiger partial charge is 0.307 e. The lowest BCUT2D eigenvalue weighted by atomic mass is 10.00. The largest absolute Gasteiger partial charge is 0.493 e. The number of carboxylic acid groups (broad SMARTS) is 1. The van der Waals surface area contributed by atoms with E-state index in [1.165, 1.54) is 12.1 Å². The van der Waals surface area contributed by atoms with Gasteiger partial charge in [-0.1, -0.05) is 30.3 Å². The highest BCUT2D eigenvalue weighted by Crippen LogP contribution is 2.36. The molecule has 0 amide bonds. The van der Waals surface area contributed by atoms with Crippen LogP contribution in [0.4, 0.5) is 4.39 Å². The number of fused-ring (bicyclic) bond motifs is 9. The van der Waals surface area contributed by atoms with E-state index in [-0.39, 0.29) is 18.3 Å². The van der Waals surface area contributed by atoms with Crippen LogP contribution in [-0.4, -0.2) is 38.4 Å². The van der Waals surface area contributed by atoms with Crippen LogP contribution in [0.1, 0.15) is 30.2 Å². The zero-order valence-electron chi connectivity index (χ0n) is 22.4. The summed E-state index contributed by atoms with van der Waals surface area (Å²) in [6.45, 7) is 6.09. The SMILES string of the molecule is Cc1ccc2cc1OC(C)CCOc1cc(F)ccc1-c1cccc(c1)-c1cc3nc(C)c(CC(=O)O)c-2n3n1. The van der Waals surface area contributed by atoms with E-state index in [4.69, 9.17) is 19.6 Å². The van der Waals surface area contributed by atoms with Gasteiger partial charge in [-0.25, -0.2) is 13.9 Å². The van der Waals surface area contributed by atoms with E-state index in [0.717, 1.165) is 27.8 Å². The number of nitrogens with zero attached hydrogens (tertiary/aromatic N) is 3. The zero-order valence-corrected chi connectivity index (χ0v) is 22.4. The van der Waals surface area contributed by atoms with Crippen molar-refractivity contribution in [2.24, 2.45) is 0 Å². The second kappa shape index (κ2) is 10.1. The first-order valence-electron chi connectivity index (χ1n) is 13.2. The van der Waals surface area contributed by atoms with E-state index in [9.17, 15) is 14.3 Å². The number of ether oxygens (including phenoxy) is 2. The van der Waals surface area contributed by atoms with Crippen LogP contribution in [0.5, 0.6) is 11.5 Å². The fraction of sp³-hybridized carbons (Fsp3) is 0.219. The summed E-state index contributed by atoms with van der Waals surface area (Å²) < 4.78 is 28.4. The highest BCUT2D eigenvalue weighted by molar-refractivity contribution is 5.80. The van der Waals surface area contributed by atoms with Crippen LogP contribution in [0.3, 0.4) is 0 Å². The molecule has 0 aliphatic carbocycles. The van der Waals surface area contributed by atoms with Gasteiger partial charge in [0.1, 0.15) is 17.3 Å². The third kappa shape index (κ3) is 4.77. The normalized spacial score (nSPS) is 14.8. The monoisotopic (exact) mass is 537 g/mol. The molecule has 3 aromatic carbocycles. The molecular formula is C32H28FN3O4. The topological polar surface area (TPSA) is 86.0 Å². The Kier molecular flexibility index (Phi) is 6.46. The van der Waals surface area contributed by atoms with Gasteiger partial charge in [0.25, 0.3) is 0 Å². The van der Waals surface area contributed by atoms with Crippen LogP contribution in [0, 0.1) is 19.7 Å². The molecule has 6 bridgehead atoms. The number of hydrogen-bond donors (Lipinski definition) is 1. The lowest BCUT2D eigenvalue weighted by Gasteiger charge is -2.19. The summed E-state index contributed by atoms with van der Waals surface area (Å²) in [5.41, 5.74) is 7.36. The quantitative estimate of drug-likeness (QED) is 0.271. The molecular weight excluding hydrogens is 509 g/mol. The molecule has 3 heterocycles. The van der Waals surface area contributed by atoms with E-state index < -0.39 is 5.97 Å². The summed E-state index contributed by atoms with van der Waals surface area (Å²) in [4.78, 5) is 16.6. The van der Waals surface area contributed by atoms with E-state index in [0.29, 0.717) is 52.8 Å². The molecule has 0 radical (unpaired) electrons. The van der Waals surface area contributed by atoms with E-state index >= 15 is 0 Å². The molecule has 40 heavy (non-hydrogen) atoms. The molecule has 0 fully saturated rings. The average Bonchev–Trinajstić information content (AvgIpc) is 3.33. The Balaban J connectivity index is 1.62. The molecule has 8 heteroatoms. The lowest BCUT2D eigenvalue weighted by Crippen LogP contribution is -2.16. The predicted molar refractivity (Wildman–Crippen MR) is 150 cm³/mol. The number of aliphatic carboxylic acids is 1. The van der Waals surface area contributed by atoms with Gasteiger partial charge in [0.2, 0.25) is 0 Å². The molecule has 5 aromatic rings. The second-order valence-corrected chi connectivity index (χ2v) is 10.2. The van der Waals surface area contributed by atoms with Crippen molar-refractivity contribution in [2.45, 2.75) is 39.7 Å². The molecule has 1 aliphatic heterocycles. The Morgan fingerprint density at radius 1 is 1.02 bits per heavy atom. The molecule has 0 saturated heterocycles. The van der Waals surface area contributed by atoms with Gasteiger partial charge in [0, 0.05) is 46.5 Å². The van der Waals surface area contributed by atoms with Gasteiger partial charge in [-0.15, -0.1) is 0 Å². The molecule has 202 valence electrons. The summed E-state index contributed by atoms with van der Waals surface area (Å²) in [5, 5.41) is 14.7. The van der Waals surface area contributed by atoms with Crippen LogP contribution >= 0.6 is 0 Å². The van der Waals surface area contributed by atoms with Crippen LogP contribution in [-0.2, 0) is 11.2 Å². The fourth-order valence-electron chi connectivity index (χ4n) is 5.14. The standard InChI is InChI=1S/C32H28FN3O4/c1-18-7-8-23-14-28(18)40-19(2)11-12-39-29-15-24(33)9-10-25(29)21-5-4-6-22(13-21)27-17-30-34-20(3)26(16-31(37)38)32(23)36(30)35-27/h4-10,13-15,17,19H,11-12,16H2,1-3H3,(H,37,38). The number of rotatable bonds is 2. The fourth-order valence-corrected chi connectivity index (χ4v) is 5.14. The van der Waals surface area contributed by atoms with Gasteiger partial charge in [-0.05, 0) is 56.2 Å². The summed E-state index contributed by atoms with van der Waals surface area (Å²) >= 11 is 0. The summed E-state index contributed by atoms with van der Waals surface area (Å²) in [6, 6.07) is 20.1. The average molecular weight is 538 g/mol. The molecule has 0 spiro atoms. The van der Waals surface area contributed by atoms with Crippen molar-refractivity contribution in [1.82, 2.24) is 14.6 Å². The van der Waals surface area contributed by atoms with Gasteiger partial charge >= 0.3 is 5.97 Å². The number of carboxylic acids is 1. The second-order valence-electron chi connectivity index (χ2n) is 10.2. The molecule has 6 rings (SSSR count). The first kappa shape index (κ1) is 25.6. The Labute approximate surface area is 230 Å². The third-order valence-corrected chi connectivity index (χ3v) is 7.22. The Bertz CT molecular complexity index is 1780. The van der Waals surface area contributed by atoms with E-state index in [1.807, 2.05) is 69.3 Å². The van der Waals surface area contributed by atoms with Crippen molar-refractivity contribution in [1.29, 1.82) is 0 Å². The first-order valence-corrected chi connectivity index (χ1v) is 13.2. The van der Waals surface area contributed by atoms with Crippen LogP contribution in [0.25, 0.3) is 39.3 Å². The van der Waals surface area contributed by atoms with Gasteiger partial charge in [-0.3, -0.25) is 4.79 Å². The maximum atomic E-state index is 14.2. The molecule has 1 N–H and O–H groups in total. The number of halogens is 1. The number of aryl methyl sites for hydroxylation is 2. The molecule has 1 aliphatic rings.